The normalized spacial score (nSPS) is 10.4. The number of carbonyl (C=O) groups is 2. The van der Waals surface area contributed by atoms with Crippen LogP contribution in [-0.2, 0) is 16.0 Å². The Balaban J connectivity index is 2.58. The molecule has 5 heteroatoms. The maximum absolute atomic E-state index is 12.2. The van der Waals surface area contributed by atoms with Crippen LogP contribution in [-0.4, -0.2) is 35.8 Å². The third-order valence-corrected chi connectivity index (χ3v) is 2.85. The Labute approximate surface area is 120 Å². The molecule has 0 heterocycles. The second-order valence-corrected chi connectivity index (χ2v) is 5.05. The van der Waals surface area contributed by atoms with E-state index in [1.165, 1.54) is 0 Å². The number of hydrogen-bond donors (Lipinski definition) is 2. The van der Waals surface area contributed by atoms with Crippen molar-refractivity contribution in [2.45, 2.75) is 33.2 Å². The minimum absolute atomic E-state index is 0.0591. The molecule has 0 unspecified atom stereocenters. The molecule has 3 N–H and O–H groups in total. The van der Waals surface area contributed by atoms with Gasteiger partial charge in [-0.15, -0.1) is 0 Å². The van der Waals surface area contributed by atoms with Crippen LogP contribution in [0.5, 0.6) is 0 Å². The first-order valence-corrected chi connectivity index (χ1v) is 6.84. The summed E-state index contributed by atoms with van der Waals surface area (Å²) in [6.45, 7) is 6.26. The van der Waals surface area contributed by atoms with Crippen LogP contribution in [0.1, 0.15) is 26.3 Å². The first-order chi connectivity index (χ1) is 9.42. The van der Waals surface area contributed by atoms with Gasteiger partial charge in [0, 0.05) is 18.3 Å². The topological polar surface area (TPSA) is 75.4 Å². The summed E-state index contributed by atoms with van der Waals surface area (Å²) in [4.78, 5) is 25.4. The van der Waals surface area contributed by atoms with Gasteiger partial charge in [-0.25, -0.2) is 0 Å². The molecule has 0 spiro atoms. The predicted molar refractivity (Wildman–Crippen MR) is 80.1 cm³/mol. The maximum Gasteiger partial charge on any atom is 0.239 e. The highest BCUT2D eigenvalue weighted by atomic mass is 16.2. The van der Waals surface area contributed by atoms with Crippen molar-refractivity contribution < 1.29 is 9.59 Å². The van der Waals surface area contributed by atoms with E-state index < -0.39 is 0 Å². The van der Waals surface area contributed by atoms with E-state index in [2.05, 4.69) is 5.32 Å². The summed E-state index contributed by atoms with van der Waals surface area (Å²) >= 11 is 0. The summed E-state index contributed by atoms with van der Waals surface area (Å²) in [5.74, 6) is -0.191. The van der Waals surface area contributed by atoms with Crippen molar-refractivity contribution in [3.05, 3.63) is 29.8 Å². The van der Waals surface area contributed by atoms with Gasteiger partial charge in [0.15, 0.2) is 0 Å². The number of anilines is 1. The van der Waals surface area contributed by atoms with Gasteiger partial charge in [-0.2, -0.15) is 0 Å². The Morgan fingerprint density at radius 1 is 1.25 bits per heavy atom. The SMILES string of the molecule is CCN(CC(=O)NC(C)C)C(=O)Cc1ccc(N)cc1. The molecule has 0 radical (unpaired) electrons. The van der Waals surface area contributed by atoms with Crippen LogP contribution in [0.4, 0.5) is 5.69 Å². The quantitative estimate of drug-likeness (QED) is 0.767. The molecule has 0 aliphatic heterocycles. The molecule has 0 atom stereocenters. The third-order valence-electron chi connectivity index (χ3n) is 2.85. The summed E-state index contributed by atoms with van der Waals surface area (Å²) in [6.07, 6.45) is 0.281. The zero-order chi connectivity index (χ0) is 15.1. The van der Waals surface area contributed by atoms with Gasteiger partial charge in [-0.05, 0) is 38.5 Å². The van der Waals surface area contributed by atoms with E-state index >= 15 is 0 Å². The van der Waals surface area contributed by atoms with Crippen molar-refractivity contribution >= 4 is 17.5 Å². The lowest BCUT2D eigenvalue weighted by Gasteiger charge is -2.21. The molecule has 2 amide bonds. The van der Waals surface area contributed by atoms with Crippen LogP contribution < -0.4 is 11.1 Å². The van der Waals surface area contributed by atoms with Crippen LogP contribution in [0.3, 0.4) is 0 Å². The molecular weight excluding hydrogens is 254 g/mol. The number of benzene rings is 1. The van der Waals surface area contributed by atoms with Crippen LogP contribution in [0.15, 0.2) is 24.3 Å². The molecule has 1 aromatic carbocycles. The molecule has 0 aliphatic rings. The number of nitrogens with two attached hydrogens (primary N) is 1. The Bertz CT molecular complexity index is 455. The zero-order valence-electron chi connectivity index (χ0n) is 12.3. The van der Waals surface area contributed by atoms with Crippen LogP contribution in [0, 0.1) is 0 Å². The molecule has 0 aliphatic carbocycles. The summed E-state index contributed by atoms with van der Waals surface area (Å²) in [5, 5.41) is 2.78. The van der Waals surface area contributed by atoms with Crippen molar-refractivity contribution in [2.24, 2.45) is 0 Å². The minimum Gasteiger partial charge on any atom is -0.399 e. The van der Waals surface area contributed by atoms with Crippen molar-refractivity contribution in [3.8, 4) is 0 Å². The Morgan fingerprint density at radius 3 is 2.35 bits per heavy atom. The zero-order valence-corrected chi connectivity index (χ0v) is 12.3. The van der Waals surface area contributed by atoms with E-state index in [0.29, 0.717) is 12.2 Å². The summed E-state index contributed by atoms with van der Waals surface area (Å²) in [7, 11) is 0. The lowest BCUT2D eigenvalue weighted by molar-refractivity contribution is -0.135. The third kappa shape index (κ3) is 5.30. The summed E-state index contributed by atoms with van der Waals surface area (Å²) < 4.78 is 0. The fourth-order valence-electron chi connectivity index (χ4n) is 1.84. The van der Waals surface area contributed by atoms with Crippen molar-refractivity contribution in [2.75, 3.05) is 18.8 Å². The van der Waals surface area contributed by atoms with Gasteiger partial charge in [0.05, 0.1) is 13.0 Å². The first-order valence-electron chi connectivity index (χ1n) is 6.84. The monoisotopic (exact) mass is 277 g/mol. The molecule has 0 saturated carbocycles. The molecule has 0 fully saturated rings. The van der Waals surface area contributed by atoms with Crippen LogP contribution in [0.2, 0.25) is 0 Å². The van der Waals surface area contributed by atoms with Crippen molar-refractivity contribution in [1.29, 1.82) is 0 Å². The average molecular weight is 277 g/mol. The number of rotatable bonds is 6. The van der Waals surface area contributed by atoms with Crippen LogP contribution >= 0.6 is 0 Å². The van der Waals surface area contributed by atoms with E-state index in [0.717, 1.165) is 5.56 Å². The predicted octanol–water partition coefficient (Wildman–Crippen LogP) is 1.18. The summed E-state index contributed by atoms with van der Waals surface area (Å²) in [6, 6.07) is 7.27. The molecule has 110 valence electrons. The molecular formula is C15H23N3O2. The Kier molecular flexibility index (Phi) is 6.03. The van der Waals surface area contributed by atoms with E-state index in [1.807, 2.05) is 32.9 Å². The molecule has 0 saturated heterocycles. The lowest BCUT2D eigenvalue weighted by atomic mass is 10.1. The van der Waals surface area contributed by atoms with Gasteiger partial charge >= 0.3 is 0 Å². The minimum atomic E-state index is -0.132. The highest BCUT2D eigenvalue weighted by Crippen LogP contribution is 2.07. The second kappa shape index (κ2) is 7.53. The lowest BCUT2D eigenvalue weighted by Crippen LogP contribution is -2.43. The van der Waals surface area contributed by atoms with Crippen LogP contribution in [0.25, 0.3) is 0 Å². The maximum atomic E-state index is 12.2. The fraction of sp³-hybridized carbons (Fsp3) is 0.467. The average Bonchev–Trinajstić information content (AvgIpc) is 2.37. The molecule has 0 bridgehead atoms. The van der Waals surface area contributed by atoms with E-state index in [9.17, 15) is 9.59 Å². The van der Waals surface area contributed by atoms with E-state index in [4.69, 9.17) is 5.73 Å². The molecule has 1 rings (SSSR count). The van der Waals surface area contributed by atoms with Gasteiger partial charge in [-0.1, -0.05) is 12.1 Å². The van der Waals surface area contributed by atoms with Gasteiger partial charge in [-0.3, -0.25) is 9.59 Å². The smallest absolute Gasteiger partial charge is 0.239 e. The number of nitrogens with zero attached hydrogens (tertiary/aromatic N) is 1. The number of hydrogen-bond acceptors (Lipinski definition) is 3. The highest BCUT2D eigenvalue weighted by Gasteiger charge is 2.16. The largest absolute Gasteiger partial charge is 0.399 e. The standard InChI is InChI=1S/C15H23N3O2/c1-4-18(10-14(19)17-11(2)3)15(20)9-12-5-7-13(16)8-6-12/h5-8,11H,4,9-10,16H2,1-3H3,(H,17,19). The molecule has 5 nitrogen and oxygen atoms in total. The van der Waals surface area contributed by atoms with Crippen molar-refractivity contribution in [1.82, 2.24) is 10.2 Å². The summed E-state index contributed by atoms with van der Waals surface area (Å²) in [5.41, 5.74) is 7.17. The Morgan fingerprint density at radius 2 is 1.85 bits per heavy atom. The van der Waals surface area contributed by atoms with Gasteiger partial charge < -0.3 is 16.0 Å². The van der Waals surface area contributed by atoms with Gasteiger partial charge in [0.1, 0.15) is 0 Å². The molecule has 0 aromatic heterocycles. The Hall–Kier alpha value is -2.04. The van der Waals surface area contributed by atoms with E-state index in [-0.39, 0.29) is 30.8 Å². The van der Waals surface area contributed by atoms with Crippen molar-refractivity contribution in [3.63, 3.8) is 0 Å². The number of nitrogens with one attached hydrogen (secondary N) is 1. The number of likely N-dealkylation sites (N-methyl/N-ethyl adjacent to an activating group) is 1. The molecule has 20 heavy (non-hydrogen) atoms. The first kappa shape index (κ1) is 16.0. The number of carbonyl (C=O) groups excluding carboxylic acids is 2. The van der Waals surface area contributed by atoms with E-state index in [1.54, 1.807) is 17.0 Å². The number of amides is 2. The number of nitrogen functional groups attached to an aromatic ring is 1. The fourth-order valence-corrected chi connectivity index (χ4v) is 1.84. The second-order valence-electron chi connectivity index (χ2n) is 5.05. The van der Waals surface area contributed by atoms with Gasteiger partial charge in [0.2, 0.25) is 11.8 Å². The molecule has 1 aromatic rings. The van der Waals surface area contributed by atoms with Gasteiger partial charge in [0.25, 0.3) is 0 Å². The highest BCUT2D eigenvalue weighted by molar-refractivity contribution is 5.86.